The minimum atomic E-state index is -4.28. The van der Waals surface area contributed by atoms with E-state index in [1.807, 2.05) is 68.4 Å². The zero-order valence-corrected chi connectivity index (χ0v) is 27.2. The number of carbonyl (C=O) groups excluding carboxylic acids is 2. The maximum atomic E-state index is 14.6. The summed E-state index contributed by atoms with van der Waals surface area (Å²) in [6.07, 6.45) is 0.952. The van der Waals surface area contributed by atoms with Crippen molar-refractivity contribution >= 4 is 39.1 Å². The van der Waals surface area contributed by atoms with E-state index >= 15 is 0 Å². The summed E-state index contributed by atoms with van der Waals surface area (Å²) in [7, 11) is -2.87. The van der Waals surface area contributed by atoms with Crippen LogP contribution in [0, 0.1) is 6.92 Å². The lowest BCUT2D eigenvalue weighted by Gasteiger charge is -2.34. The molecule has 0 fully saturated rings. The first-order valence-electron chi connectivity index (χ1n) is 14.7. The lowest BCUT2D eigenvalue weighted by molar-refractivity contribution is -0.140. The molecular formula is C35H38ClN3O5S. The predicted octanol–water partition coefficient (Wildman–Crippen LogP) is 6.02. The number of rotatable bonds is 14. The summed E-state index contributed by atoms with van der Waals surface area (Å²) in [6.45, 7) is 3.82. The van der Waals surface area contributed by atoms with Crippen LogP contribution in [-0.4, -0.2) is 51.4 Å². The summed E-state index contributed by atoms with van der Waals surface area (Å²) in [5.41, 5.74) is 2.77. The molecule has 2 amide bonds. The molecule has 4 aromatic rings. The predicted molar refractivity (Wildman–Crippen MR) is 178 cm³/mol. The molecule has 0 unspecified atom stereocenters. The van der Waals surface area contributed by atoms with E-state index in [9.17, 15) is 18.0 Å². The third-order valence-corrected chi connectivity index (χ3v) is 9.28. The van der Waals surface area contributed by atoms with Gasteiger partial charge in [-0.25, -0.2) is 8.42 Å². The summed E-state index contributed by atoms with van der Waals surface area (Å²) >= 11 is 6.34. The standard InChI is InChI=1S/C35H38ClN3O5S/c1-4-20-37-35(41)32(22-27-13-7-5-8-14-27)38(24-28-15-11-12-26(2)21-28)34(40)25-39(31-23-29(36)18-19-33(31)44-3)45(42,43)30-16-9-6-10-17-30/h5-19,21,23,32H,4,20,22,24-25H2,1-3H3,(H,37,41)/t32-/m1/s1. The van der Waals surface area contributed by atoms with Gasteiger partial charge in [0, 0.05) is 24.5 Å². The van der Waals surface area contributed by atoms with Crippen LogP contribution in [0.15, 0.2) is 108 Å². The van der Waals surface area contributed by atoms with Crippen molar-refractivity contribution in [3.05, 3.63) is 125 Å². The fraction of sp³-hybridized carbons (Fsp3) is 0.257. The molecular weight excluding hydrogens is 610 g/mol. The van der Waals surface area contributed by atoms with Crippen LogP contribution in [0.2, 0.25) is 5.02 Å². The van der Waals surface area contributed by atoms with Crippen molar-refractivity contribution in [3.8, 4) is 5.75 Å². The van der Waals surface area contributed by atoms with Crippen LogP contribution in [0.3, 0.4) is 0 Å². The number of benzene rings is 4. The number of ether oxygens (including phenoxy) is 1. The summed E-state index contributed by atoms with van der Waals surface area (Å²) < 4.78 is 34.9. The Bertz CT molecular complexity index is 1700. The van der Waals surface area contributed by atoms with Gasteiger partial charge in [-0.1, -0.05) is 96.9 Å². The lowest BCUT2D eigenvalue weighted by Crippen LogP contribution is -2.53. The largest absolute Gasteiger partial charge is 0.495 e. The van der Waals surface area contributed by atoms with Crippen LogP contribution in [-0.2, 0) is 32.6 Å². The monoisotopic (exact) mass is 647 g/mol. The van der Waals surface area contributed by atoms with E-state index in [-0.39, 0.29) is 40.2 Å². The minimum absolute atomic E-state index is 0.00779. The number of anilines is 1. The van der Waals surface area contributed by atoms with E-state index in [1.54, 1.807) is 30.3 Å². The van der Waals surface area contributed by atoms with Crippen molar-refractivity contribution in [1.82, 2.24) is 10.2 Å². The zero-order chi connectivity index (χ0) is 32.4. The van der Waals surface area contributed by atoms with Gasteiger partial charge >= 0.3 is 0 Å². The summed E-state index contributed by atoms with van der Waals surface area (Å²) in [4.78, 5) is 29.8. The third kappa shape index (κ3) is 8.65. The molecule has 1 atom stereocenters. The molecule has 236 valence electrons. The normalized spacial score (nSPS) is 11.8. The van der Waals surface area contributed by atoms with Gasteiger partial charge in [-0.3, -0.25) is 13.9 Å². The highest BCUT2D eigenvalue weighted by atomic mass is 35.5. The zero-order valence-electron chi connectivity index (χ0n) is 25.6. The van der Waals surface area contributed by atoms with Gasteiger partial charge in [-0.15, -0.1) is 0 Å². The van der Waals surface area contributed by atoms with Crippen LogP contribution in [0.25, 0.3) is 0 Å². The highest BCUT2D eigenvalue weighted by molar-refractivity contribution is 7.92. The third-order valence-electron chi connectivity index (χ3n) is 7.28. The number of sulfonamides is 1. The number of amides is 2. The Hall–Kier alpha value is -4.34. The molecule has 0 aliphatic heterocycles. The van der Waals surface area contributed by atoms with Gasteiger partial charge in [0.05, 0.1) is 17.7 Å². The Morgan fingerprint density at radius 2 is 1.56 bits per heavy atom. The molecule has 45 heavy (non-hydrogen) atoms. The Morgan fingerprint density at radius 3 is 2.20 bits per heavy atom. The lowest BCUT2D eigenvalue weighted by atomic mass is 10.0. The van der Waals surface area contributed by atoms with Gasteiger partial charge in [0.2, 0.25) is 11.8 Å². The number of methoxy groups -OCH3 is 1. The molecule has 0 radical (unpaired) electrons. The van der Waals surface area contributed by atoms with Crippen LogP contribution in [0.4, 0.5) is 5.69 Å². The Labute approximate surface area is 270 Å². The van der Waals surface area contributed by atoms with Gasteiger partial charge in [-0.2, -0.15) is 0 Å². The number of carbonyl (C=O) groups is 2. The molecule has 0 saturated carbocycles. The fourth-order valence-corrected chi connectivity index (χ4v) is 6.62. The number of nitrogens with one attached hydrogen (secondary N) is 1. The molecule has 4 aromatic carbocycles. The van der Waals surface area contributed by atoms with Gasteiger partial charge in [0.1, 0.15) is 18.3 Å². The molecule has 10 heteroatoms. The topological polar surface area (TPSA) is 96.0 Å². The Kier molecular flexibility index (Phi) is 11.6. The quantitative estimate of drug-likeness (QED) is 0.181. The minimum Gasteiger partial charge on any atom is -0.495 e. The molecule has 0 heterocycles. The number of hydrogen-bond donors (Lipinski definition) is 1. The number of aryl methyl sites for hydroxylation is 1. The number of nitrogens with zero attached hydrogens (tertiary/aromatic N) is 2. The first kappa shape index (κ1) is 33.6. The van der Waals surface area contributed by atoms with Crippen LogP contribution >= 0.6 is 11.6 Å². The summed E-state index contributed by atoms with van der Waals surface area (Å²) in [6, 6.07) is 28.6. The summed E-state index contributed by atoms with van der Waals surface area (Å²) in [5.74, 6) is -0.663. The van der Waals surface area contributed by atoms with Crippen LogP contribution in [0.5, 0.6) is 5.75 Å². The van der Waals surface area contributed by atoms with E-state index in [0.29, 0.717) is 13.0 Å². The molecule has 0 bridgehead atoms. The Balaban J connectivity index is 1.84. The van der Waals surface area contributed by atoms with Crippen molar-refractivity contribution in [1.29, 1.82) is 0 Å². The van der Waals surface area contributed by atoms with Gasteiger partial charge in [0.25, 0.3) is 10.0 Å². The average Bonchev–Trinajstić information content (AvgIpc) is 3.04. The van der Waals surface area contributed by atoms with Gasteiger partial charge in [-0.05, 0) is 54.8 Å². The van der Waals surface area contributed by atoms with Crippen LogP contribution < -0.4 is 14.4 Å². The first-order valence-corrected chi connectivity index (χ1v) is 16.5. The SMILES string of the molecule is CCCNC(=O)[C@@H](Cc1ccccc1)N(Cc1cccc(C)c1)C(=O)CN(c1cc(Cl)ccc1OC)S(=O)(=O)c1ccccc1. The molecule has 0 aliphatic rings. The van der Waals surface area contributed by atoms with Crippen molar-refractivity contribution in [3.63, 3.8) is 0 Å². The first-order chi connectivity index (χ1) is 21.6. The second kappa shape index (κ2) is 15.6. The molecule has 4 rings (SSSR count). The van der Waals surface area contributed by atoms with Crippen molar-refractivity contribution in [2.45, 2.75) is 44.2 Å². The van der Waals surface area contributed by atoms with E-state index in [2.05, 4.69) is 5.32 Å². The highest BCUT2D eigenvalue weighted by Crippen LogP contribution is 2.35. The smallest absolute Gasteiger partial charge is 0.264 e. The molecule has 0 aromatic heterocycles. The van der Waals surface area contributed by atoms with E-state index in [4.69, 9.17) is 16.3 Å². The number of hydrogen-bond acceptors (Lipinski definition) is 5. The molecule has 8 nitrogen and oxygen atoms in total. The van der Waals surface area contributed by atoms with E-state index in [1.165, 1.54) is 30.2 Å². The molecule has 0 saturated heterocycles. The maximum absolute atomic E-state index is 14.6. The molecule has 0 spiro atoms. The van der Waals surface area contributed by atoms with Gasteiger partial charge in [0.15, 0.2) is 0 Å². The van der Waals surface area contributed by atoms with Crippen molar-refractivity contribution in [2.75, 3.05) is 24.5 Å². The summed E-state index contributed by atoms with van der Waals surface area (Å²) in [5, 5.41) is 3.22. The highest BCUT2D eigenvalue weighted by Gasteiger charge is 2.35. The second-order valence-electron chi connectivity index (χ2n) is 10.6. The average molecular weight is 648 g/mol. The molecule has 1 N–H and O–H groups in total. The van der Waals surface area contributed by atoms with E-state index in [0.717, 1.165) is 21.0 Å². The fourth-order valence-electron chi connectivity index (χ4n) is 5.02. The maximum Gasteiger partial charge on any atom is 0.264 e. The second-order valence-corrected chi connectivity index (χ2v) is 12.9. The van der Waals surface area contributed by atoms with Crippen LogP contribution in [0.1, 0.15) is 30.0 Å². The van der Waals surface area contributed by atoms with Crippen molar-refractivity contribution < 1.29 is 22.7 Å². The molecule has 0 aliphatic carbocycles. The van der Waals surface area contributed by atoms with E-state index < -0.39 is 28.5 Å². The van der Waals surface area contributed by atoms with Gasteiger partial charge < -0.3 is 15.0 Å². The number of halogens is 1. The van der Waals surface area contributed by atoms with Crippen molar-refractivity contribution in [2.24, 2.45) is 0 Å². The Morgan fingerprint density at radius 1 is 0.889 bits per heavy atom.